The van der Waals surface area contributed by atoms with Crippen LogP contribution in [-0.2, 0) is 73.8 Å². The van der Waals surface area contributed by atoms with E-state index >= 15 is 0 Å². The van der Waals surface area contributed by atoms with E-state index in [0.717, 1.165) is 44.1 Å². The fourth-order valence-electron chi connectivity index (χ4n) is 8.15. The molecule has 404 valence electrons. The van der Waals surface area contributed by atoms with E-state index in [0.29, 0.717) is 5.56 Å². The number of phenols is 1. The van der Waals surface area contributed by atoms with Gasteiger partial charge in [-0.3, -0.25) is 57.5 Å². The highest BCUT2D eigenvalue weighted by Crippen LogP contribution is 2.27. The van der Waals surface area contributed by atoms with Gasteiger partial charge >= 0.3 is 0 Å². The molecule has 1 aliphatic carbocycles. The van der Waals surface area contributed by atoms with Crippen LogP contribution < -0.4 is 54.4 Å². The van der Waals surface area contributed by atoms with Gasteiger partial charge in [0.2, 0.25) is 64.9 Å². The highest BCUT2D eigenvalue weighted by molar-refractivity contribution is 7.91. The Morgan fingerprint density at radius 3 is 1.99 bits per heavy atom. The molecule has 0 radical (unpaired) electrons. The summed E-state index contributed by atoms with van der Waals surface area (Å²) in [6.07, 6.45) is 0.904. The molecule has 1 saturated heterocycles. The number of nitrogens with zero attached hydrogens (tertiary/aromatic N) is 1. The van der Waals surface area contributed by atoms with E-state index in [9.17, 15) is 71.1 Å². The zero-order valence-electron chi connectivity index (χ0n) is 41.2. The van der Waals surface area contributed by atoms with Crippen molar-refractivity contribution in [2.75, 3.05) is 31.6 Å². The van der Waals surface area contributed by atoms with Crippen LogP contribution in [0.1, 0.15) is 96.5 Å². The number of hydrogen-bond acceptors (Lipinski definition) is 15. The molecule has 1 saturated carbocycles. The molecule has 1 aromatic carbocycles. The maximum absolute atomic E-state index is 14.2. The third-order valence-electron chi connectivity index (χ3n) is 12.5. The predicted octanol–water partition coefficient (Wildman–Crippen LogP) is -4.16. The fourth-order valence-corrected chi connectivity index (χ4v) is 9.44. The topological polar surface area (TPSA) is 425 Å². The maximum Gasteiger partial charge on any atom is 0.288 e. The molecule has 3 rings (SSSR count). The van der Waals surface area contributed by atoms with Crippen molar-refractivity contribution in [2.45, 2.75) is 134 Å². The summed E-state index contributed by atoms with van der Waals surface area (Å²) in [5.41, 5.74) is 16.4. The van der Waals surface area contributed by atoms with Gasteiger partial charge in [-0.05, 0) is 48.8 Å². The Morgan fingerprint density at radius 1 is 0.767 bits per heavy atom. The third-order valence-corrected chi connectivity index (χ3v) is 14.2. The Labute approximate surface area is 422 Å². The minimum atomic E-state index is -4.39. The molecule has 14 N–H and O–H groups in total. The Balaban J connectivity index is 2.05. The number of likely N-dealkylation sites (N-methyl/N-ethyl adjacent to an activating group) is 1. The zero-order chi connectivity index (χ0) is 54.6. The lowest BCUT2D eigenvalue weighted by atomic mass is 9.84. The number of sulfone groups is 1. The van der Waals surface area contributed by atoms with Crippen LogP contribution in [-0.4, -0.2) is 157 Å². The lowest BCUT2D eigenvalue weighted by Gasteiger charge is -2.29. The number of ketones is 1. The lowest BCUT2D eigenvalue weighted by molar-refractivity contribution is -0.140. The molecule has 11 amide bonds. The van der Waals surface area contributed by atoms with Crippen LogP contribution in [0.15, 0.2) is 24.3 Å². The second-order valence-corrected chi connectivity index (χ2v) is 20.8. The summed E-state index contributed by atoms with van der Waals surface area (Å²) >= 11 is 0. The molecule has 26 nitrogen and oxygen atoms in total. The molecule has 2 aliphatic rings. The number of phenolic OH excluding ortho intramolecular Hbond substituents is 1. The van der Waals surface area contributed by atoms with Crippen molar-refractivity contribution in [1.82, 2.24) is 42.1 Å². The van der Waals surface area contributed by atoms with Crippen molar-refractivity contribution >= 4 is 80.6 Å². The van der Waals surface area contributed by atoms with Gasteiger partial charge in [0.1, 0.15) is 42.0 Å². The van der Waals surface area contributed by atoms with Gasteiger partial charge in [-0.15, -0.1) is 0 Å². The van der Waals surface area contributed by atoms with Crippen LogP contribution in [0.2, 0.25) is 0 Å². The predicted molar refractivity (Wildman–Crippen MR) is 259 cm³/mol. The summed E-state index contributed by atoms with van der Waals surface area (Å²) in [7, 11) is -3.27. The van der Waals surface area contributed by atoms with E-state index in [1.807, 2.05) is 0 Å². The number of hydrogen-bond donors (Lipinski definition) is 11. The standard InChI is InChI=1S/C46H69N11O15S/c1-4-25(2)39-45(69)52-29(14-15-35(47)60)41(65)54-33(22-36(48)61)42(66)53-30(46(70)57(3)24-38(63)51-31(40(64)50-23-37(49)62)20-26-8-6-5-7-9-26)16-18-73(71,72)19-17-34(59)44(68)55-32(43(67)56-39)21-27-10-12-28(58)13-11-27/h10-13,25-26,29-33,39,58H,4-9,14-24H2,1-3H3,(H2,47,60)(H2,48,61)(H2,49,62)(H,50,64)(H,51,63)(H,52,69)(H,53,66)(H,54,65)(H,55,68)(H,56,67)/t25-,29-,30-,31-,32-,33-,39-/m0/s1. The summed E-state index contributed by atoms with van der Waals surface area (Å²) in [6, 6.07) is -4.24. The number of nitrogens with one attached hydrogen (secondary N) is 7. The number of aromatic hydroxyl groups is 1. The molecule has 7 atom stereocenters. The number of carbonyl (C=O) groups is 12. The lowest BCUT2D eigenvalue weighted by Crippen LogP contribution is -2.61. The maximum atomic E-state index is 14.2. The Bertz CT molecular complexity index is 2330. The minimum Gasteiger partial charge on any atom is -0.508 e. The Kier molecular flexibility index (Phi) is 23.7. The number of amides is 11. The highest BCUT2D eigenvalue weighted by Gasteiger charge is 2.37. The molecule has 0 unspecified atom stereocenters. The smallest absolute Gasteiger partial charge is 0.288 e. The summed E-state index contributed by atoms with van der Waals surface area (Å²) < 4.78 is 27.0. The monoisotopic (exact) mass is 1050 g/mol. The molecule has 2 fully saturated rings. The average molecular weight is 1050 g/mol. The van der Waals surface area contributed by atoms with Gasteiger partial charge in [-0.1, -0.05) is 64.5 Å². The SMILES string of the molecule is CC[C@H](C)[C@@H]1NC(=O)[C@H](Cc2ccc(O)cc2)NC(=O)C(=O)CCS(=O)(=O)CC[C@@H](C(=O)N(C)CC(=O)N[C@@H](CC2CCCCC2)C(=O)NCC(N)=O)NC(=O)[C@H](CC(N)=O)NC(=O)[C@H](CCC(N)=O)NC1=O. The summed E-state index contributed by atoms with van der Waals surface area (Å²) in [6.45, 7) is 1.96. The second-order valence-electron chi connectivity index (χ2n) is 18.5. The number of primary amides is 3. The first-order valence-corrected chi connectivity index (χ1v) is 25.8. The number of carbonyl (C=O) groups excluding carboxylic acids is 12. The summed E-state index contributed by atoms with van der Waals surface area (Å²) in [5.74, 6) is -15.3. The molecule has 0 bridgehead atoms. The normalized spacial score (nSPS) is 22.8. The van der Waals surface area contributed by atoms with E-state index in [-0.39, 0.29) is 30.9 Å². The highest BCUT2D eigenvalue weighted by atomic mass is 32.2. The van der Waals surface area contributed by atoms with E-state index < -0.39 is 179 Å². The van der Waals surface area contributed by atoms with Crippen molar-refractivity contribution in [1.29, 1.82) is 0 Å². The first kappa shape index (κ1) is 60.1. The number of nitrogens with two attached hydrogens (primary N) is 3. The molecule has 27 heteroatoms. The van der Waals surface area contributed by atoms with Crippen molar-refractivity contribution in [3.63, 3.8) is 0 Å². The third kappa shape index (κ3) is 20.8. The van der Waals surface area contributed by atoms with Crippen molar-refractivity contribution in [3.8, 4) is 5.75 Å². The van der Waals surface area contributed by atoms with Gasteiger partial charge in [0.05, 0.1) is 31.0 Å². The van der Waals surface area contributed by atoms with E-state index in [2.05, 4.69) is 37.2 Å². The van der Waals surface area contributed by atoms with Crippen molar-refractivity contribution < 1.29 is 71.1 Å². The Hall–Kier alpha value is -7.19. The second kappa shape index (κ2) is 28.7. The number of benzene rings is 1. The van der Waals surface area contributed by atoms with Crippen LogP contribution >= 0.6 is 0 Å². The zero-order valence-corrected chi connectivity index (χ0v) is 42.0. The first-order chi connectivity index (χ1) is 34.3. The average Bonchev–Trinajstić information content (AvgIpc) is 3.33. The van der Waals surface area contributed by atoms with Gasteiger partial charge in [0, 0.05) is 26.3 Å². The van der Waals surface area contributed by atoms with Gasteiger partial charge in [0.15, 0.2) is 9.84 Å². The first-order valence-electron chi connectivity index (χ1n) is 24.0. The van der Waals surface area contributed by atoms with Crippen LogP contribution in [0.25, 0.3) is 0 Å². The van der Waals surface area contributed by atoms with E-state index in [1.165, 1.54) is 24.3 Å². The van der Waals surface area contributed by atoms with Crippen LogP contribution in [0, 0.1) is 11.8 Å². The summed E-state index contributed by atoms with van der Waals surface area (Å²) in [5, 5.41) is 26.6. The molecule has 1 heterocycles. The molecule has 1 aliphatic heterocycles. The Morgan fingerprint density at radius 2 is 1.38 bits per heavy atom. The van der Waals surface area contributed by atoms with E-state index in [4.69, 9.17) is 17.2 Å². The molecule has 73 heavy (non-hydrogen) atoms. The van der Waals surface area contributed by atoms with Crippen LogP contribution in [0.3, 0.4) is 0 Å². The van der Waals surface area contributed by atoms with E-state index in [1.54, 1.807) is 13.8 Å². The molecular weight excluding hydrogens is 979 g/mol. The molecular formula is C46H69N11O15S. The number of Topliss-reactive ketones (excluding diaryl/α,β-unsaturated/α-hetero) is 1. The van der Waals surface area contributed by atoms with Crippen molar-refractivity contribution in [3.05, 3.63) is 29.8 Å². The summed E-state index contributed by atoms with van der Waals surface area (Å²) in [4.78, 5) is 160. The van der Waals surface area contributed by atoms with Crippen LogP contribution in [0.5, 0.6) is 5.75 Å². The minimum absolute atomic E-state index is 0.0464. The van der Waals surface area contributed by atoms with Crippen LogP contribution in [0.4, 0.5) is 0 Å². The van der Waals surface area contributed by atoms with Gasteiger partial charge in [-0.2, -0.15) is 0 Å². The molecule has 0 spiro atoms. The molecule has 0 aromatic heterocycles. The quantitative estimate of drug-likeness (QED) is 0.0622. The van der Waals surface area contributed by atoms with Gasteiger partial charge < -0.3 is 64.4 Å². The largest absolute Gasteiger partial charge is 0.508 e. The van der Waals surface area contributed by atoms with Gasteiger partial charge in [-0.25, -0.2) is 8.42 Å². The van der Waals surface area contributed by atoms with Gasteiger partial charge in [0.25, 0.3) is 5.91 Å². The fraction of sp³-hybridized carbons (Fsp3) is 0.609. The van der Waals surface area contributed by atoms with Crippen molar-refractivity contribution in [2.24, 2.45) is 29.0 Å². The molecule has 1 aromatic rings. The number of rotatable bonds is 18.